The first kappa shape index (κ1) is 25.9. The second kappa shape index (κ2) is 11.3. The molecule has 1 aliphatic rings. The molecular weight excluding hydrogens is 470 g/mol. The van der Waals surface area contributed by atoms with Crippen LogP contribution in [0.15, 0.2) is 77.7 Å². The van der Waals surface area contributed by atoms with Gasteiger partial charge in [0.2, 0.25) is 15.9 Å². The summed E-state index contributed by atoms with van der Waals surface area (Å²) in [5.74, 6) is 0.144. The number of benzene rings is 3. The summed E-state index contributed by atoms with van der Waals surface area (Å²) in [4.78, 5) is 17.3. The Hall–Kier alpha value is -3.16. The van der Waals surface area contributed by atoms with Crippen LogP contribution in [0.5, 0.6) is 0 Å². The number of hydrogen-bond acceptors (Lipinski definition) is 4. The summed E-state index contributed by atoms with van der Waals surface area (Å²) >= 11 is 0. The van der Waals surface area contributed by atoms with Gasteiger partial charge < -0.3 is 9.80 Å². The number of carbonyl (C=O) groups is 1. The van der Waals surface area contributed by atoms with E-state index in [0.29, 0.717) is 25.9 Å². The molecule has 0 spiro atoms. The van der Waals surface area contributed by atoms with Crippen molar-refractivity contribution in [3.8, 4) is 0 Å². The zero-order valence-electron chi connectivity index (χ0n) is 21.3. The number of hydrogen-bond donors (Lipinski definition) is 1. The van der Waals surface area contributed by atoms with E-state index >= 15 is 0 Å². The highest BCUT2D eigenvalue weighted by atomic mass is 32.2. The third-order valence-corrected chi connectivity index (χ3v) is 8.60. The van der Waals surface area contributed by atoms with Crippen LogP contribution in [0.3, 0.4) is 0 Å². The monoisotopic (exact) mass is 505 g/mol. The van der Waals surface area contributed by atoms with E-state index in [4.69, 9.17) is 0 Å². The van der Waals surface area contributed by atoms with Gasteiger partial charge in [-0.15, -0.1) is 0 Å². The summed E-state index contributed by atoms with van der Waals surface area (Å²) in [5.41, 5.74) is 5.70. The zero-order chi connectivity index (χ0) is 25.7. The normalized spacial score (nSPS) is 15.1. The van der Waals surface area contributed by atoms with Crippen LogP contribution >= 0.6 is 0 Å². The van der Waals surface area contributed by atoms with E-state index in [1.54, 1.807) is 24.3 Å². The van der Waals surface area contributed by atoms with Gasteiger partial charge in [0.25, 0.3) is 0 Å². The molecule has 7 heteroatoms. The fourth-order valence-electron chi connectivity index (χ4n) is 4.63. The lowest BCUT2D eigenvalue weighted by atomic mass is 10.1. The van der Waals surface area contributed by atoms with Crippen molar-refractivity contribution in [1.29, 1.82) is 0 Å². The molecule has 1 aliphatic heterocycles. The van der Waals surface area contributed by atoms with Gasteiger partial charge in [0.05, 0.1) is 4.90 Å². The van der Waals surface area contributed by atoms with Crippen LogP contribution in [-0.4, -0.2) is 45.4 Å². The van der Waals surface area contributed by atoms with E-state index in [1.807, 2.05) is 42.2 Å². The van der Waals surface area contributed by atoms with Crippen LogP contribution in [0, 0.1) is 13.8 Å². The van der Waals surface area contributed by atoms with Gasteiger partial charge in [0, 0.05) is 44.3 Å². The average Bonchev–Trinajstić information content (AvgIpc) is 2.89. The first-order valence-electron chi connectivity index (χ1n) is 12.5. The van der Waals surface area contributed by atoms with Crippen LogP contribution in [-0.2, 0) is 21.2 Å². The Morgan fingerprint density at radius 1 is 0.889 bits per heavy atom. The number of anilines is 1. The van der Waals surface area contributed by atoms with Crippen molar-refractivity contribution < 1.29 is 13.2 Å². The Morgan fingerprint density at radius 2 is 1.56 bits per heavy atom. The van der Waals surface area contributed by atoms with E-state index in [2.05, 4.69) is 41.7 Å². The molecule has 3 aromatic rings. The number of rotatable bonds is 8. The van der Waals surface area contributed by atoms with E-state index < -0.39 is 10.0 Å². The average molecular weight is 506 g/mol. The molecule has 1 amide bonds. The molecule has 4 rings (SSSR count). The highest BCUT2D eigenvalue weighted by molar-refractivity contribution is 7.89. The van der Waals surface area contributed by atoms with Gasteiger partial charge in [-0.3, -0.25) is 4.79 Å². The van der Waals surface area contributed by atoms with Crippen molar-refractivity contribution >= 4 is 21.6 Å². The molecule has 0 aliphatic carbocycles. The molecule has 1 atom stereocenters. The predicted octanol–water partition coefficient (Wildman–Crippen LogP) is 4.62. The molecular formula is C29H35N3O3S. The summed E-state index contributed by atoms with van der Waals surface area (Å²) < 4.78 is 28.3. The minimum atomic E-state index is -3.64. The van der Waals surface area contributed by atoms with Gasteiger partial charge in [0.1, 0.15) is 0 Å². The SMILES string of the molecule is Cc1cccc(N2CCN(C(=O)CCc3ccc(S(=O)(=O)N[C@@H](C)c4ccccc4)cc3)CC2)c1C. The van der Waals surface area contributed by atoms with E-state index in [9.17, 15) is 13.2 Å². The lowest BCUT2D eigenvalue weighted by molar-refractivity contribution is -0.131. The van der Waals surface area contributed by atoms with Crippen molar-refractivity contribution in [1.82, 2.24) is 9.62 Å². The molecule has 0 bridgehead atoms. The molecule has 0 saturated carbocycles. The van der Waals surface area contributed by atoms with Crippen LogP contribution in [0.4, 0.5) is 5.69 Å². The maximum Gasteiger partial charge on any atom is 0.241 e. The molecule has 3 aromatic carbocycles. The smallest absolute Gasteiger partial charge is 0.241 e. The fourth-order valence-corrected chi connectivity index (χ4v) is 5.86. The molecule has 190 valence electrons. The van der Waals surface area contributed by atoms with Gasteiger partial charge in [-0.25, -0.2) is 13.1 Å². The van der Waals surface area contributed by atoms with Gasteiger partial charge in [-0.05, 0) is 67.6 Å². The van der Waals surface area contributed by atoms with E-state index in [-0.39, 0.29) is 16.8 Å². The maximum atomic E-state index is 12.8. The molecule has 1 saturated heterocycles. The lowest BCUT2D eigenvalue weighted by Crippen LogP contribution is -2.49. The molecule has 0 unspecified atom stereocenters. The van der Waals surface area contributed by atoms with Crippen LogP contribution < -0.4 is 9.62 Å². The zero-order valence-corrected chi connectivity index (χ0v) is 22.1. The number of nitrogens with zero attached hydrogens (tertiary/aromatic N) is 2. The maximum absolute atomic E-state index is 12.8. The van der Waals surface area contributed by atoms with Crippen molar-refractivity contribution in [2.24, 2.45) is 0 Å². The van der Waals surface area contributed by atoms with Crippen molar-refractivity contribution in [2.75, 3.05) is 31.1 Å². The second-order valence-electron chi connectivity index (χ2n) is 9.48. The summed E-state index contributed by atoms with van der Waals surface area (Å²) in [6.07, 6.45) is 1.00. The number of sulfonamides is 1. The number of carbonyl (C=O) groups excluding carboxylic acids is 1. The van der Waals surface area contributed by atoms with Crippen molar-refractivity contribution in [2.45, 2.75) is 44.6 Å². The van der Waals surface area contributed by atoms with Crippen LogP contribution in [0.2, 0.25) is 0 Å². The van der Waals surface area contributed by atoms with Crippen LogP contribution in [0.1, 0.15) is 41.6 Å². The Balaban J connectivity index is 1.28. The fraction of sp³-hybridized carbons (Fsp3) is 0.345. The number of aryl methyl sites for hydroxylation is 2. The van der Waals surface area contributed by atoms with E-state index in [1.165, 1.54) is 16.8 Å². The van der Waals surface area contributed by atoms with Gasteiger partial charge in [-0.2, -0.15) is 0 Å². The molecule has 0 radical (unpaired) electrons. The third kappa shape index (κ3) is 6.15. The molecule has 1 fully saturated rings. The first-order valence-corrected chi connectivity index (χ1v) is 14.0. The molecule has 0 aromatic heterocycles. The molecule has 36 heavy (non-hydrogen) atoms. The Bertz CT molecular complexity index is 1280. The van der Waals surface area contributed by atoms with E-state index in [0.717, 1.165) is 24.2 Å². The highest BCUT2D eigenvalue weighted by Gasteiger charge is 2.22. The lowest BCUT2D eigenvalue weighted by Gasteiger charge is -2.37. The molecule has 1 N–H and O–H groups in total. The Labute approximate surface area is 215 Å². The summed E-state index contributed by atoms with van der Waals surface area (Å²) in [6, 6.07) is 22.3. The number of piperazine rings is 1. The largest absolute Gasteiger partial charge is 0.368 e. The molecule has 1 heterocycles. The van der Waals surface area contributed by atoms with Gasteiger partial charge in [-0.1, -0.05) is 54.6 Å². The quantitative estimate of drug-likeness (QED) is 0.485. The highest BCUT2D eigenvalue weighted by Crippen LogP contribution is 2.24. The standard InChI is InChI=1S/C29H35N3O3S/c1-22-8-7-11-28(23(22)2)31-18-20-32(21-19-31)29(33)17-14-25-12-15-27(16-13-25)36(34,35)30-24(3)26-9-5-4-6-10-26/h4-13,15-16,24,30H,14,17-21H2,1-3H3/t24-/m0/s1. The number of amides is 1. The summed E-state index contributed by atoms with van der Waals surface area (Å²) in [6.45, 7) is 9.20. The Kier molecular flexibility index (Phi) is 8.11. The summed E-state index contributed by atoms with van der Waals surface area (Å²) in [5, 5.41) is 0. The minimum absolute atomic E-state index is 0.144. The molecule has 6 nitrogen and oxygen atoms in total. The van der Waals surface area contributed by atoms with Gasteiger partial charge >= 0.3 is 0 Å². The topological polar surface area (TPSA) is 69.7 Å². The number of nitrogens with one attached hydrogen (secondary N) is 1. The predicted molar refractivity (Wildman–Crippen MR) is 145 cm³/mol. The minimum Gasteiger partial charge on any atom is -0.368 e. The second-order valence-corrected chi connectivity index (χ2v) is 11.2. The Morgan fingerprint density at radius 3 is 2.22 bits per heavy atom. The first-order chi connectivity index (χ1) is 17.2. The van der Waals surface area contributed by atoms with Crippen molar-refractivity contribution in [3.05, 3.63) is 95.1 Å². The van der Waals surface area contributed by atoms with Crippen molar-refractivity contribution in [3.63, 3.8) is 0 Å². The van der Waals surface area contributed by atoms with Gasteiger partial charge in [0.15, 0.2) is 0 Å². The van der Waals surface area contributed by atoms with Crippen LogP contribution in [0.25, 0.3) is 0 Å². The summed E-state index contributed by atoms with van der Waals surface area (Å²) in [7, 11) is -3.64. The third-order valence-electron chi connectivity index (χ3n) is 7.04.